The molecule has 1 aromatic rings. The standard InChI is InChI=1S/C9H11NO3S/c1-2-10-14(12,13)9-6-4-3-5-8(9)7-11/h3-7,10H,2H2,1H3. The molecule has 0 aliphatic heterocycles. The molecule has 0 saturated heterocycles. The van der Waals surface area contributed by atoms with Crippen molar-refractivity contribution in [2.45, 2.75) is 11.8 Å². The molecule has 0 radical (unpaired) electrons. The quantitative estimate of drug-likeness (QED) is 0.752. The van der Waals surface area contributed by atoms with Crippen molar-refractivity contribution in [3.05, 3.63) is 29.8 Å². The van der Waals surface area contributed by atoms with Crippen LogP contribution in [-0.4, -0.2) is 21.2 Å². The number of benzene rings is 1. The van der Waals surface area contributed by atoms with E-state index in [2.05, 4.69) is 4.72 Å². The van der Waals surface area contributed by atoms with Crippen molar-refractivity contribution < 1.29 is 13.2 Å². The lowest BCUT2D eigenvalue weighted by atomic mass is 10.2. The van der Waals surface area contributed by atoms with E-state index < -0.39 is 10.0 Å². The minimum Gasteiger partial charge on any atom is -0.298 e. The van der Waals surface area contributed by atoms with Crippen LogP contribution in [-0.2, 0) is 10.0 Å². The maximum absolute atomic E-state index is 11.5. The SMILES string of the molecule is CCNS(=O)(=O)c1ccccc1C=O. The van der Waals surface area contributed by atoms with Crippen LogP contribution in [0.5, 0.6) is 0 Å². The van der Waals surface area contributed by atoms with E-state index in [1.54, 1.807) is 19.1 Å². The van der Waals surface area contributed by atoms with E-state index in [-0.39, 0.29) is 10.5 Å². The normalized spacial score (nSPS) is 11.2. The predicted octanol–water partition coefficient (Wildman–Crippen LogP) is 0.797. The molecule has 1 aromatic carbocycles. The number of rotatable bonds is 4. The fraction of sp³-hybridized carbons (Fsp3) is 0.222. The highest BCUT2D eigenvalue weighted by Gasteiger charge is 2.15. The number of nitrogens with one attached hydrogen (secondary N) is 1. The average molecular weight is 213 g/mol. The Balaban J connectivity index is 3.25. The molecule has 0 aromatic heterocycles. The third kappa shape index (κ3) is 2.18. The van der Waals surface area contributed by atoms with Gasteiger partial charge < -0.3 is 0 Å². The Morgan fingerprint density at radius 3 is 2.57 bits per heavy atom. The van der Waals surface area contributed by atoms with Gasteiger partial charge in [-0.2, -0.15) is 0 Å². The molecule has 76 valence electrons. The highest BCUT2D eigenvalue weighted by molar-refractivity contribution is 7.89. The van der Waals surface area contributed by atoms with Crippen molar-refractivity contribution >= 4 is 16.3 Å². The Morgan fingerprint density at radius 1 is 1.36 bits per heavy atom. The van der Waals surface area contributed by atoms with E-state index >= 15 is 0 Å². The second-order valence-corrected chi connectivity index (χ2v) is 4.39. The van der Waals surface area contributed by atoms with E-state index in [1.165, 1.54) is 12.1 Å². The fourth-order valence-corrected chi connectivity index (χ4v) is 2.31. The van der Waals surface area contributed by atoms with E-state index in [0.717, 1.165) is 0 Å². The van der Waals surface area contributed by atoms with Crippen LogP contribution < -0.4 is 4.72 Å². The van der Waals surface area contributed by atoms with Crippen LogP contribution in [0.1, 0.15) is 17.3 Å². The summed E-state index contributed by atoms with van der Waals surface area (Å²) in [6, 6.07) is 6.07. The molecule has 0 heterocycles. The van der Waals surface area contributed by atoms with Crippen LogP contribution in [0.15, 0.2) is 29.2 Å². The zero-order chi connectivity index (χ0) is 10.6. The number of carbonyl (C=O) groups excluding carboxylic acids is 1. The molecule has 5 heteroatoms. The largest absolute Gasteiger partial charge is 0.298 e. The van der Waals surface area contributed by atoms with Crippen LogP contribution in [0.4, 0.5) is 0 Å². The molecule has 0 saturated carbocycles. The summed E-state index contributed by atoms with van der Waals surface area (Å²) >= 11 is 0. The Kier molecular flexibility index (Phi) is 3.38. The Bertz CT molecular complexity index is 425. The zero-order valence-corrected chi connectivity index (χ0v) is 8.54. The highest BCUT2D eigenvalue weighted by Crippen LogP contribution is 2.12. The van der Waals surface area contributed by atoms with Crippen LogP contribution in [0, 0.1) is 0 Å². The Morgan fingerprint density at radius 2 is 2.00 bits per heavy atom. The molecule has 0 atom stereocenters. The number of sulfonamides is 1. The smallest absolute Gasteiger partial charge is 0.241 e. The molecule has 0 unspecified atom stereocenters. The minimum atomic E-state index is -3.53. The maximum Gasteiger partial charge on any atom is 0.241 e. The van der Waals surface area contributed by atoms with E-state index in [0.29, 0.717) is 12.8 Å². The Hall–Kier alpha value is -1.20. The summed E-state index contributed by atoms with van der Waals surface area (Å²) in [5, 5.41) is 0. The molecule has 1 rings (SSSR count). The molecular formula is C9H11NO3S. The number of aldehydes is 1. The van der Waals surface area contributed by atoms with Crippen molar-refractivity contribution in [1.29, 1.82) is 0 Å². The third-order valence-corrected chi connectivity index (χ3v) is 3.29. The molecule has 0 bridgehead atoms. The minimum absolute atomic E-state index is 0.0249. The average Bonchev–Trinajstić information content (AvgIpc) is 2.18. The first-order valence-electron chi connectivity index (χ1n) is 4.15. The molecule has 1 N–H and O–H groups in total. The number of carbonyl (C=O) groups is 1. The summed E-state index contributed by atoms with van der Waals surface area (Å²) in [6.45, 7) is 1.98. The van der Waals surface area contributed by atoms with Crippen LogP contribution in [0.3, 0.4) is 0 Å². The van der Waals surface area contributed by atoms with Crippen LogP contribution in [0.2, 0.25) is 0 Å². The van der Waals surface area contributed by atoms with Crippen molar-refractivity contribution in [1.82, 2.24) is 4.72 Å². The van der Waals surface area contributed by atoms with Gasteiger partial charge in [0.2, 0.25) is 10.0 Å². The van der Waals surface area contributed by atoms with Crippen molar-refractivity contribution in [2.24, 2.45) is 0 Å². The van der Waals surface area contributed by atoms with E-state index in [1.807, 2.05) is 0 Å². The molecule has 0 amide bonds. The van der Waals surface area contributed by atoms with Gasteiger partial charge in [-0.25, -0.2) is 13.1 Å². The van der Waals surface area contributed by atoms with E-state index in [4.69, 9.17) is 0 Å². The second kappa shape index (κ2) is 4.34. The Labute approximate surface area is 83.0 Å². The molecule has 0 aliphatic carbocycles. The third-order valence-electron chi connectivity index (χ3n) is 1.67. The summed E-state index contributed by atoms with van der Waals surface area (Å²) in [4.78, 5) is 10.6. The van der Waals surface area contributed by atoms with Gasteiger partial charge in [-0.3, -0.25) is 4.79 Å². The van der Waals surface area contributed by atoms with Gasteiger partial charge in [0.25, 0.3) is 0 Å². The first-order chi connectivity index (χ1) is 6.61. The molecule has 0 aliphatic rings. The summed E-state index contributed by atoms with van der Waals surface area (Å²) in [5.41, 5.74) is 0.174. The monoisotopic (exact) mass is 213 g/mol. The molecule has 0 fully saturated rings. The molecule has 0 spiro atoms. The maximum atomic E-state index is 11.5. The summed E-state index contributed by atoms with van der Waals surface area (Å²) < 4.78 is 25.4. The summed E-state index contributed by atoms with van der Waals surface area (Å²) in [6.07, 6.45) is 0.532. The fourth-order valence-electron chi connectivity index (χ4n) is 1.09. The van der Waals surface area contributed by atoms with E-state index in [9.17, 15) is 13.2 Å². The van der Waals surface area contributed by atoms with Crippen LogP contribution >= 0.6 is 0 Å². The van der Waals surface area contributed by atoms with Gasteiger partial charge in [0.15, 0.2) is 6.29 Å². The van der Waals surface area contributed by atoms with Crippen LogP contribution in [0.25, 0.3) is 0 Å². The molecule has 4 nitrogen and oxygen atoms in total. The van der Waals surface area contributed by atoms with Gasteiger partial charge in [-0.05, 0) is 6.07 Å². The lowest BCUT2D eigenvalue weighted by Gasteiger charge is -2.05. The van der Waals surface area contributed by atoms with Crippen molar-refractivity contribution in [2.75, 3.05) is 6.54 Å². The molecular weight excluding hydrogens is 202 g/mol. The first-order valence-corrected chi connectivity index (χ1v) is 5.64. The van der Waals surface area contributed by atoms with Gasteiger partial charge in [0.1, 0.15) is 0 Å². The van der Waals surface area contributed by atoms with Gasteiger partial charge in [0.05, 0.1) is 4.90 Å². The van der Waals surface area contributed by atoms with Crippen molar-refractivity contribution in [3.8, 4) is 0 Å². The number of hydrogen-bond acceptors (Lipinski definition) is 3. The number of hydrogen-bond donors (Lipinski definition) is 1. The predicted molar refractivity (Wildman–Crippen MR) is 52.7 cm³/mol. The van der Waals surface area contributed by atoms with Gasteiger partial charge >= 0.3 is 0 Å². The molecule has 14 heavy (non-hydrogen) atoms. The topological polar surface area (TPSA) is 63.2 Å². The first kappa shape index (κ1) is 10.9. The summed E-state index contributed by atoms with van der Waals surface area (Å²) in [5.74, 6) is 0. The van der Waals surface area contributed by atoms with Crippen molar-refractivity contribution in [3.63, 3.8) is 0 Å². The zero-order valence-electron chi connectivity index (χ0n) is 7.73. The second-order valence-electron chi connectivity index (χ2n) is 2.66. The lowest BCUT2D eigenvalue weighted by Crippen LogP contribution is -2.24. The summed E-state index contributed by atoms with van der Waals surface area (Å²) in [7, 11) is -3.53. The highest BCUT2D eigenvalue weighted by atomic mass is 32.2. The van der Waals surface area contributed by atoms with Gasteiger partial charge in [0, 0.05) is 12.1 Å². The lowest BCUT2D eigenvalue weighted by molar-refractivity contribution is 0.112. The van der Waals surface area contributed by atoms with Gasteiger partial charge in [-0.15, -0.1) is 0 Å². The van der Waals surface area contributed by atoms with Gasteiger partial charge in [-0.1, -0.05) is 25.1 Å².